The van der Waals surface area contributed by atoms with Crippen molar-refractivity contribution >= 4 is 11.4 Å². The van der Waals surface area contributed by atoms with Crippen LogP contribution in [0.3, 0.4) is 0 Å². The Kier molecular flexibility index (Phi) is 11.6. The predicted octanol–water partition coefficient (Wildman–Crippen LogP) is 7.00. The number of anilines is 2. The maximum Gasteiger partial charge on any atom is 0.343 e. The quantitative estimate of drug-likeness (QED) is 0.117. The number of halogens is 2. The van der Waals surface area contributed by atoms with Crippen molar-refractivity contribution in [3.63, 3.8) is 0 Å². The second-order valence-electron chi connectivity index (χ2n) is 15.1. The number of hydrogen-bond acceptors (Lipinski definition) is 9. The Morgan fingerprint density at radius 1 is 0.931 bits per heavy atom. The third kappa shape index (κ3) is 8.67. The lowest BCUT2D eigenvalue weighted by molar-refractivity contribution is -0.0206. The Morgan fingerprint density at radius 2 is 1.64 bits per heavy atom. The SMILES string of the molecule is CC[C@H]([C@H](C)OCc1ccccc1)n1nc(-c2ccc(N3CCN(c4ccc(OC[C@@H]5CO[C@@](Cn6cncn6)(c6ccc(F)cc6F)C5)cc4)CC3)cc2)[nH]c1=O. The molecule has 4 atom stereocenters. The van der Waals surface area contributed by atoms with Gasteiger partial charge in [-0.15, -0.1) is 5.10 Å². The van der Waals surface area contributed by atoms with Crippen molar-refractivity contribution in [1.29, 1.82) is 0 Å². The van der Waals surface area contributed by atoms with Gasteiger partial charge in [0.15, 0.2) is 5.82 Å². The highest BCUT2D eigenvalue weighted by Crippen LogP contribution is 2.42. The average molecular weight is 791 g/mol. The molecule has 0 radical (unpaired) electrons. The first kappa shape index (κ1) is 39.0. The van der Waals surface area contributed by atoms with Crippen molar-refractivity contribution in [3.8, 4) is 17.1 Å². The Bertz CT molecular complexity index is 2300. The molecule has 14 heteroatoms. The van der Waals surface area contributed by atoms with Gasteiger partial charge in [-0.25, -0.2) is 27.9 Å². The fourth-order valence-electron chi connectivity index (χ4n) is 8.11. The first-order valence-corrected chi connectivity index (χ1v) is 19.9. The van der Waals surface area contributed by atoms with Crippen LogP contribution in [-0.4, -0.2) is 75.0 Å². The van der Waals surface area contributed by atoms with Gasteiger partial charge in [-0.3, -0.25) is 4.98 Å². The second-order valence-corrected chi connectivity index (χ2v) is 15.1. The molecule has 0 saturated carbocycles. The number of ether oxygens (including phenoxy) is 3. The van der Waals surface area contributed by atoms with Crippen LogP contribution in [0.5, 0.6) is 5.75 Å². The van der Waals surface area contributed by atoms with E-state index in [1.54, 1.807) is 11.0 Å². The standard InChI is InChI=1S/C44H48F2N8O4/c1-3-41(31(2)56-25-32-7-5-4-6-8-32)54-43(55)49-42(50-54)34-9-12-36(13-10-34)51-19-21-52(22-20-51)37-14-16-38(17-15-37)57-26-33-24-44(58-27-33,28-53-30-47-29-48-53)39-18-11-35(45)23-40(39)46/h4-18,23,29-31,33,41H,3,19-22,24-28H2,1-2H3,(H,49,50,55)/t31-,33+,41+,44-/m0/s1. The largest absolute Gasteiger partial charge is 0.493 e. The summed E-state index contributed by atoms with van der Waals surface area (Å²) in [5.74, 6) is -0.0141. The summed E-state index contributed by atoms with van der Waals surface area (Å²) in [7, 11) is 0. The van der Waals surface area contributed by atoms with E-state index in [4.69, 9.17) is 19.3 Å². The lowest BCUT2D eigenvalue weighted by Gasteiger charge is -2.37. The van der Waals surface area contributed by atoms with Gasteiger partial charge in [-0.2, -0.15) is 5.10 Å². The van der Waals surface area contributed by atoms with Crippen LogP contribution in [0.15, 0.2) is 115 Å². The number of hydrogen-bond donors (Lipinski definition) is 1. The molecule has 0 amide bonds. The molecule has 0 unspecified atom stereocenters. The lowest BCUT2D eigenvalue weighted by atomic mass is 9.87. The number of aromatic amines is 1. The van der Waals surface area contributed by atoms with Crippen molar-refractivity contribution in [2.24, 2.45) is 5.92 Å². The molecular formula is C44H48F2N8O4. The van der Waals surface area contributed by atoms with E-state index in [1.807, 2.05) is 68.4 Å². The number of piperazine rings is 1. The molecule has 2 aromatic heterocycles. The average Bonchev–Trinajstić information content (AvgIpc) is 4.02. The number of rotatable bonds is 15. The van der Waals surface area contributed by atoms with Gasteiger partial charge in [-0.05, 0) is 79.9 Å². The van der Waals surface area contributed by atoms with Crippen molar-refractivity contribution in [2.45, 2.75) is 57.6 Å². The molecule has 2 saturated heterocycles. The van der Waals surface area contributed by atoms with Gasteiger partial charge in [0.1, 0.15) is 35.6 Å². The predicted molar refractivity (Wildman–Crippen MR) is 217 cm³/mol. The zero-order valence-electron chi connectivity index (χ0n) is 32.7. The molecule has 6 aromatic rings. The van der Waals surface area contributed by atoms with Gasteiger partial charge < -0.3 is 24.0 Å². The highest BCUT2D eigenvalue weighted by molar-refractivity contribution is 5.61. The van der Waals surface area contributed by atoms with E-state index < -0.39 is 17.2 Å². The van der Waals surface area contributed by atoms with Crippen LogP contribution in [0.2, 0.25) is 0 Å². The minimum absolute atomic E-state index is 0.0120. The zero-order chi connectivity index (χ0) is 40.1. The molecule has 12 nitrogen and oxygen atoms in total. The van der Waals surface area contributed by atoms with Gasteiger partial charge in [0, 0.05) is 60.7 Å². The maximum atomic E-state index is 15.0. The molecule has 4 aromatic carbocycles. The molecule has 0 bridgehead atoms. The summed E-state index contributed by atoms with van der Waals surface area (Å²) in [6, 6.07) is 29.7. The Morgan fingerprint density at radius 3 is 2.29 bits per heavy atom. The molecular weight excluding hydrogens is 743 g/mol. The van der Waals surface area contributed by atoms with E-state index in [9.17, 15) is 9.18 Å². The summed E-state index contributed by atoms with van der Waals surface area (Å²) in [5, 5.41) is 8.89. The van der Waals surface area contributed by atoms with E-state index in [0.717, 1.165) is 60.5 Å². The van der Waals surface area contributed by atoms with Crippen LogP contribution in [0.25, 0.3) is 11.4 Å². The van der Waals surface area contributed by atoms with Gasteiger partial charge in [0.05, 0.1) is 38.5 Å². The van der Waals surface area contributed by atoms with E-state index in [-0.39, 0.29) is 30.3 Å². The Labute approximate surface area is 336 Å². The monoisotopic (exact) mass is 790 g/mol. The maximum absolute atomic E-state index is 15.0. The molecule has 1 N–H and O–H groups in total. The minimum atomic E-state index is -1.02. The fourth-order valence-corrected chi connectivity index (χ4v) is 8.11. The number of nitrogens with one attached hydrogen (secondary N) is 1. The summed E-state index contributed by atoms with van der Waals surface area (Å²) < 4.78 is 50.5. The van der Waals surface area contributed by atoms with Crippen LogP contribution in [0.4, 0.5) is 20.2 Å². The Hall–Kier alpha value is -5.86. The molecule has 0 spiro atoms. The van der Waals surface area contributed by atoms with Gasteiger partial charge in [-0.1, -0.05) is 43.3 Å². The molecule has 2 fully saturated rings. The first-order chi connectivity index (χ1) is 28.3. The van der Waals surface area contributed by atoms with E-state index in [0.29, 0.717) is 44.1 Å². The number of benzene rings is 4. The van der Waals surface area contributed by atoms with E-state index in [1.165, 1.54) is 23.1 Å². The van der Waals surface area contributed by atoms with Crippen molar-refractivity contribution in [1.82, 2.24) is 29.5 Å². The second kappa shape index (κ2) is 17.3. The normalized spacial score (nSPS) is 19.3. The number of nitrogens with zero attached hydrogens (tertiary/aromatic N) is 7. The zero-order valence-corrected chi connectivity index (χ0v) is 32.7. The highest BCUT2D eigenvalue weighted by atomic mass is 19.1. The number of aromatic nitrogens is 6. The molecule has 2 aliphatic heterocycles. The van der Waals surface area contributed by atoms with E-state index in [2.05, 4.69) is 49.1 Å². The first-order valence-electron chi connectivity index (χ1n) is 19.9. The minimum Gasteiger partial charge on any atom is -0.493 e. The van der Waals surface area contributed by atoms with Crippen LogP contribution < -0.4 is 20.2 Å². The van der Waals surface area contributed by atoms with Crippen LogP contribution in [0, 0.1) is 17.6 Å². The molecule has 8 rings (SSSR count). The van der Waals surface area contributed by atoms with Crippen LogP contribution >= 0.6 is 0 Å². The summed E-state index contributed by atoms with van der Waals surface area (Å²) in [6.45, 7) is 8.93. The highest BCUT2D eigenvalue weighted by Gasteiger charge is 2.44. The summed E-state index contributed by atoms with van der Waals surface area (Å²) in [4.78, 5) is 24.7. The molecule has 58 heavy (non-hydrogen) atoms. The fraction of sp³-hybridized carbons (Fsp3) is 0.364. The van der Waals surface area contributed by atoms with Gasteiger partial charge >= 0.3 is 5.69 Å². The topological polar surface area (TPSA) is 116 Å². The van der Waals surface area contributed by atoms with Crippen molar-refractivity contribution < 1.29 is 23.0 Å². The Balaban J connectivity index is 0.827. The van der Waals surface area contributed by atoms with Crippen LogP contribution in [0.1, 0.15) is 43.9 Å². The van der Waals surface area contributed by atoms with E-state index >= 15 is 4.39 Å². The molecule has 302 valence electrons. The summed E-state index contributed by atoms with van der Waals surface area (Å²) >= 11 is 0. The van der Waals surface area contributed by atoms with Gasteiger partial charge in [0.25, 0.3) is 0 Å². The third-order valence-corrected chi connectivity index (χ3v) is 11.3. The third-order valence-electron chi connectivity index (χ3n) is 11.3. The smallest absolute Gasteiger partial charge is 0.343 e. The van der Waals surface area contributed by atoms with Crippen molar-refractivity contribution in [3.05, 3.63) is 143 Å². The van der Waals surface area contributed by atoms with Crippen LogP contribution in [-0.2, 0) is 28.2 Å². The molecule has 4 heterocycles. The summed E-state index contributed by atoms with van der Waals surface area (Å²) in [6.07, 6.45) is 3.97. The summed E-state index contributed by atoms with van der Waals surface area (Å²) in [5.41, 5.74) is 3.20. The van der Waals surface area contributed by atoms with Gasteiger partial charge in [0.2, 0.25) is 0 Å². The number of H-pyrrole nitrogens is 1. The van der Waals surface area contributed by atoms with Crippen molar-refractivity contribution in [2.75, 3.05) is 49.2 Å². The lowest BCUT2D eigenvalue weighted by Crippen LogP contribution is -2.46. The molecule has 0 aliphatic carbocycles. The molecule has 2 aliphatic rings.